The van der Waals surface area contributed by atoms with E-state index in [-0.39, 0.29) is 17.8 Å². The van der Waals surface area contributed by atoms with Crippen LogP contribution in [0, 0.1) is 5.92 Å². The number of esters is 3. The lowest BCUT2D eigenvalue weighted by Gasteiger charge is -2.28. The molecule has 1 heterocycles. The maximum Gasteiger partial charge on any atom is 0.337 e. The van der Waals surface area contributed by atoms with Crippen molar-refractivity contribution in [3.8, 4) is 0 Å². The number of carbonyl (C=O) groups is 3. The Balaban J connectivity index is 2.35. The molecule has 0 aromatic carbocycles. The zero-order valence-electron chi connectivity index (χ0n) is 17.4. The average molecular weight is 420 g/mol. The van der Waals surface area contributed by atoms with Crippen LogP contribution in [0.2, 0.25) is 0 Å². The van der Waals surface area contributed by atoms with Crippen LogP contribution in [0.3, 0.4) is 0 Å². The van der Waals surface area contributed by atoms with E-state index < -0.39 is 48.7 Å². The Morgan fingerprint density at radius 3 is 2.70 bits per heavy atom. The summed E-state index contributed by atoms with van der Waals surface area (Å²) in [6, 6.07) is 0. The first kappa shape index (κ1) is 23.6. The molecule has 1 fully saturated rings. The average Bonchev–Trinajstić information content (AvgIpc) is 2.95. The topological polar surface area (TPSA) is 119 Å². The number of rotatable bonds is 5. The molecule has 0 aromatic rings. The van der Waals surface area contributed by atoms with Gasteiger partial charge in [0.25, 0.3) is 0 Å². The second-order valence-corrected chi connectivity index (χ2v) is 7.47. The smallest absolute Gasteiger partial charge is 0.337 e. The minimum Gasteiger partial charge on any atom is -0.461 e. The van der Waals surface area contributed by atoms with E-state index in [4.69, 9.17) is 14.2 Å². The van der Waals surface area contributed by atoms with Gasteiger partial charge in [0.05, 0.1) is 24.2 Å². The standard InChI is InChI=1S/C22H28O8/c1-12-5-6-17(25)13(2)10-19-20(14(3)21(26)29-19)18(9-12)30-22(27)16(7-8-23)11-28-15(4)24/h5,7,10,17-20,23,25H,3,6,8-9,11H2,1-2,4H3/b12-5-,13-10-,16-7+/t17-,18+,19+,20+/m0/s1. The van der Waals surface area contributed by atoms with E-state index in [9.17, 15) is 24.6 Å². The molecule has 8 nitrogen and oxygen atoms in total. The van der Waals surface area contributed by atoms with Crippen LogP contribution in [0.5, 0.6) is 0 Å². The highest BCUT2D eigenvalue weighted by Gasteiger charge is 2.44. The second-order valence-electron chi connectivity index (χ2n) is 7.47. The van der Waals surface area contributed by atoms with Crippen molar-refractivity contribution in [2.75, 3.05) is 13.2 Å². The quantitative estimate of drug-likeness (QED) is 0.297. The van der Waals surface area contributed by atoms with Crippen LogP contribution in [-0.2, 0) is 28.6 Å². The number of aliphatic hydroxyl groups is 2. The fraction of sp³-hybridized carbons (Fsp3) is 0.500. The van der Waals surface area contributed by atoms with E-state index in [2.05, 4.69) is 6.58 Å². The predicted octanol–water partition coefficient (Wildman–Crippen LogP) is 1.53. The third kappa shape index (κ3) is 5.90. The molecule has 1 aliphatic carbocycles. The van der Waals surface area contributed by atoms with Gasteiger partial charge in [0.1, 0.15) is 18.8 Å². The molecule has 0 saturated carbocycles. The van der Waals surface area contributed by atoms with Crippen molar-refractivity contribution in [2.45, 2.75) is 51.9 Å². The van der Waals surface area contributed by atoms with Gasteiger partial charge in [-0.2, -0.15) is 0 Å². The van der Waals surface area contributed by atoms with Crippen molar-refractivity contribution in [2.24, 2.45) is 5.92 Å². The Morgan fingerprint density at radius 2 is 2.07 bits per heavy atom. The molecule has 0 aromatic heterocycles. The highest BCUT2D eigenvalue weighted by molar-refractivity contribution is 5.92. The number of carbonyl (C=O) groups excluding carboxylic acids is 3. The third-order valence-electron chi connectivity index (χ3n) is 5.12. The highest BCUT2D eigenvalue weighted by Crippen LogP contribution is 2.36. The first-order valence-corrected chi connectivity index (χ1v) is 9.70. The van der Waals surface area contributed by atoms with Gasteiger partial charge in [-0.25, -0.2) is 9.59 Å². The summed E-state index contributed by atoms with van der Waals surface area (Å²) in [7, 11) is 0. The van der Waals surface area contributed by atoms with Crippen molar-refractivity contribution < 1.29 is 38.8 Å². The first-order valence-electron chi connectivity index (χ1n) is 9.70. The van der Waals surface area contributed by atoms with Gasteiger partial charge in [0.15, 0.2) is 0 Å². The number of fused-ring (bicyclic) bond motifs is 1. The Hall–Kier alpha value is -2.71. The van der Waals surface area contributed by atoms with Crippen molar-refractivity contribution >= 4 is 17.9 Å². The lowest BCUT2D eigenvalue weighted by Crippen LogP contribution is -2.34. The summed E-state index contributed by atoms with van der Waals surface area (Å²) in [5, 5.41) is 19.5. The molecule has 1 aliphatic heterocycles. The highest BCUT2D eigenvalue weighted by atomic mass is 16.6. The number of hydrogen-bond acceptors (Lipinski definition) is 8. The van der Waals surface area contributed by atoms with E-state index in [1.54, 1.807) is 13.0 Å². The van der Waals surface area contributed by atoms with Gasteiger partial charge in [-0.3, -0.25) is 4.79 Å². The molecule has 1 saturated heterocycles. The summed E-state index contributed by atoms with van der Waals surface area (Å²) in [5.74, 6) is -2.58. The minimum absolute atomic E-state index is 0.0130. The number of aliphatic hydroxyl groups excluding tert-OH is 2. The molecule has 2 rings (SSSR count). The summed E-state index contributed by atoms with van der Waals surface area (Å²) in [6.07, 6.45) is 3.16. The molecule has 0 radical (unpaired) electrons. The van der Waals surface area contributed by atoms with Crippen LogP contribution in [0.25, 0.3) is 0 Å². The molecular weight excluding hydrogens is 392 g/mol. The fourth-order valence-corrected chi connectivity index (χ4v) is 3.40. The maximum atomic E-state index is 12.7. The zero-order chi connectivity index (χ0) is 22.4. The lowest BCUT2D eigenvalue weighted by atomic mass is 9.85. The SMILES string of the molecule is C=C1C(=O)O[C@@H]2/C=C(/C)[C@@H](O)C/C=C(/C)C[C@@H](OC(=O)/C(=C/CO)COC(C)=O)[C@@H]12. The second kappa shape index (κ2) is 10.4. The summed E-state index contributed by atoms with van der Waals surface area (Å²) < 4.78 is 16.0. The normalized spacial score (nSPS) is 30.9. The Kier molecular flexibility index (Phi) is 8.14. The third-order valence-corrected chi connectivity index (χ3v) is 5.12. The van der Waals surface area contributed by atoms with Crippen LogP contribution in [0.15, 0.2) is 47.1 Å². The van der Waals surface area contributed by atoms with E-state index in [0.29, 0.717) is 18.4 Å². The van der Waals surface area contributed by atoms with Crippen LogP contribution in [0.4, 0.5) is 0 Å². The Morgan fingerprint density at radius 1 is 1.37 bits per heavy atom. The maximum absolute atomic E-state index is 12.7. The molecule has 0 unspecified atom stereocenters. The van der Waals surface area contributed by atoms with Crippen LogP contribution in [-0.4, -0.2) is 59.6 Å². The molecule has 2 aliphatic rings. The molecule has 2 N–H and O–H groups in total. The molecule has 8 heteroatoms. The van der Waals surface area contributed by atoms with Gasteiger partial charge in [-0.15, -0.1) is 0 Å². The Labute approximate surface area is 175 Å². The largest absolute Gasteiger partial charge is 0.461 e. The zero-order valence-corrected chi connectivity index (χ0v) is 17.4. The van der Waals surface area contributed by atoms with Gasteiger partial charge >= 0.3 is 17.9 Å². The van der Waals surface area contributed by atoms with Gasteiger partial charge < -0.3 is 24.4 Å². The van der Waals surface area contributed by atoms with E-state index in [0.717, 1.165) is 5.57 Å². The summed E-state index contributed by atoms with van der Waals surface area (Å²) in [4.78, 5) is 36.0. The van der Waals surface area contributed by atoms with E-state index >= 15 is 0 Å². The molecular formula is C22H28O8. The molecule has 164 valence electrons. The molecule has 0 bridgehead atoms. The van der Waals surface area contributed by atoms with Crippen molar-refractivity contribution in [1.82, 2.24) is 0 Å². The summed E-state index contributed by atoms with van der Waals surface area (Å²) in [6.45, 7) is 7.82. The lowest BCUT2D eigenvalue weighted by molar-refractivity contribution is -0.149. The molecule has 4 atom stereocenters. The van der Waals surface area contributed by atoms with Crippen molar-refractivity contribution in [1.29, 1.82) is 0 Å². The van der Waals surface area contributed by atoms with Gasteiger partial charge in [0.2, 0.25) is 0 Å². The van der Waals surface area contributed by atoms with Crippen molar-refractivity contribution in [3.05, 3.63) is 47.1 Å². The molecule has 0 spiro atoms. The number of ether oxygens (including phenoxy) is 3. The fourth-order valence-electron chi connectivity index (χ4n) is 3.40. The minimum atomic E-state index is -0.781. The first-order chi connectivity index (χ1) is 14.1. The van der Waals surface area contributed by atoms with Crippen LogP contribution < -0.4 is 0 Å². The monoisotopic (exact) mass is 420 g/mol. The van der Waals surface area contributed by atoms with E-state index in [1.807, 2.05) is 13.0 Å². The summed E-state index contributed by atoms with van der Waals surface area (Å²) >= 11 is 0. The Bertz CT molecular complexity index is 804. The molecule has 30 heavy (non-hydrogen) atoms. The number of hydrogen-bond donors (Lipinski definition) is 2. The van der Waals surface area contributed by atoms with Gasteiger partial charge in [0, 0.05) is 18.9 Å². The van der Waals surface area contributed by atoms with E-state index in [1.165, 1.54) is 13.0 Å². The summed E-state index contributed by atoms with van der Waals surface area (Å²) in [5.41, 5.74) is 1.66. The van der Waals surface area contributed by atoms with Gasteiger partial charge in [-0.05, 0) is 38.0 Å². The predicted molar refractivity (Wildman–Crippen MR) is 107 cm³/mol. The van der Waals surface area contributed by atoms with Crippen LogP contribution in [0.1, 0.15) is 33.6 Å². The van der Waals surface area contributed by atoms with Gasteiger partial charge in [-0.1, -0.05) is 18.2 Å². The van der Waals surface area contributed by atoms with Crippen molar-refractivity contribution in [3.63, 3.8) is 0 Å². The van der Waals surface area contributed by atoms with Crippen LogP contribution >= 0.6 is 0 Å². The molecule has 0 amide bonds.